The molecule has 0 heterocycles. The van der Waals surface area contributed by atoms with Crippen LogP contribution in [0, 0.1) is 0 Å². The van der Waals surface area contributed by atoms with Crippen LogP contribution in [0.2, 0.25) is 5.02 Å². The zero-order chi connectivity index (χ0) is 11.3. The number of halogens is 2. The molecule has 1 amide bonds. The number of nitrogens with one attached hydrogen (secondary N) is 1. The van der Waals surface area contributed by atoms with Crippen molar-refractivity contribution in [3.8, 4) is 0 Å². The fourth-order valence-corrected chi connectivity index (χ4v) is 6.23. The molecule has 0 aliphatic rings. The van der Waals surface area contributed by atoms with Crippen molar-refractivity contribution in [2.75, 3.05) is 11.9 Å². The topological polar surface area (TPSA) is 38.3 Å². The minimum absolute atomic E-state index is 0.347. The molecule has 0 atom stereocenters. The van der Waals surface area contributed by atoms with Crippen LogP contribution in [-0.4, -0.2) is 12.7 Å². The van der Waals surface area contributed by atoms with Crippen LogP contribution in [-0.2, 0) is 28.1 Å². The van der Waals surface area contributed by atoms with Crippen molar-refractivity contribution < 1.29 is 32.9 Å². The molecule has 0 unspecified atom stereocenters. The van der Waals surface area contributed by atoms with E-state index >= 15 is 0 Å². The molecule has 1 aromatic carbocycles. The molecule has 0 spiro atoms. The van der Waals surface area contributed by atoms with Crippen LogP contribution in [0.25, 0.3) is 0 Å². The quantitative estimate of drug-likeness (QED) is 0.743. The van der Waals surface area contributed by atoms with Crippen molar-refractivity contribution in [1.82, 2.24) is 0 Å². The number of amides is 1. The van der Waals surface area contributed by atoms with Gasteiger partial charge in [0.1, 0.15) is 0 Å². The Balaban J connectivity index is 2.80. The molecular formula is C9H9Cl2HgNO2. The number of anilines is 1. The minimum atomic E-state index is -1.61. The molecule has 0 aliphatic heterocycles. The SMILES string of the molecule is CCOC(=O)Nc1ccc(Cl)c[c]1[Hg][Cl]. The first-order valence-corrected chi connectivity index (χ1v) is 14.3. The van der Waals surface area contributed by atoms with Crippen LogP contribution >= 0.6 is 19.9 Å². The van der Waals surface area contributed by atoms with E-state index < -0.39 is 29.4 Å². The van der Waals surface area contributed by atoms with E-state index in [0.29, 0.717) is 11.6 Å². The second-order valence-corrected chi connectivity index (χ2v) is 9.56. The van der Waals surface area contributed by atoms with Gasteiger partial charge in [-0.05, 0) is 0 Å². The third-order valence-electron chi connectivity index (χ3n) is 1.72. The van der Waals surface area contributed by atoms with Gasteiger partial charge in [-0.2, -0.15) is 0 Å². The first kappa shape index (κ1) is 13.1. The number of carbonyl (C=O) groups is 1. The standard InChI is InChI=1S/C9H9ClNO2.ClH.Hg/c1-2-13-9(12)11-8-5-3-7(10)4-6-8;;/h3-5H,2H2,1H3,(H,11,12);1H;/q;;+1/p-1. The van der Waals surface area contributed by atoms with E-state index in [2.05, 4.69) is 5.32 Å². The summed E-state index contributed by atoms with van der Waals surface area (Å²) in [5.41, 5.74) is 0.717. The summed E-state index contributed by atoms with van der Waals surface area (Å²) < 4.78 is 5.76. The van der Waals surface area contributed by atoms with E-state index in [0.717, 1.165) is 8.76 Å². The van der Waals surface area contributed by atoms with Gasteiger partial charge in [0.25, 0.3) is 0 Å². The Morgan fingerprint density at radius 2 is 2.33 bits per heavy atom. The van der Waals surface area contributed by atoms with Gasteiger partial charge >= 0.3 is 110 Å². The van der Waals surface area contributed by atoms with Gasteiger partial charge in [-0.25, -0.2) is 0 Å². The summed E-state index contributed by atoms with van der Waals surface area (Å²) in [5.74, 6) is 0. The second kappa shape index (κ2) is 6.56. The number of rotatable bonds is 3. The van der Waals surface area contributed by atoms with Gasteiger partial charge in [-0.3, -0.25) is 0 Å². The monoisotopic (exact) mass is 435 g/mol. The number of hydrogen-bond donors (Lipinski definition) is 1. The van der Waals surface area contributed by atoms with Crippen molar-refractivity contribution in [1.29, 1.82) is 0 Å². The van der Waals surface area contributed by atoms with Gasteiger partial charge < -0.3 is 0 Å². The second-order valence-electron chi connectivity index (χ2n) is 2.78. The summed E-state index contributed by atoms with van der Waals surface area (Å²) >= 11 is 4.22. The predicted molar refractivity (Wildman–Crippen MR) is 57.6 cm³/mol. The van der Waals surface area contributed by atoms with Crippen LogP contribution in [0.5, 0.6) is 0 Å². The molecule has 6 heteroatoms. The van der Waals surface area contributed by atoms with Gasteiger partial charge in [0.15, 0.2) is 0 Å². The molecule has 0 saturated heterocycles. The summed E-state index contributed by atoms with van der Waals surface area (Å²) in [7, 11) is 5.94. The summed E-state index contributed by atoms with van der Waals surface area (Å²) in [6.07, 6.45) is -0.459. The molecule has 15 heavy (non-hydrogen) atoms. The molecular weight excluding hydrogens is 426 g/mol. The van der Waals surface area contributed by atoms with E-state index in [4.69, 9.17) is 24.6 Å². The van der Waals surface area contributed by atoms with Gasteiger partial charge in [0.05, 0.1) is 0 Å². The fraction of sp³-hybridized carbons (Fsp3) is 0.222. The average Bonchev–Trinajstić information content (AvgIpc) is 2.21. The maximum atomic E-state index is 11.2. The number of hydrogen-bond acceptors (Lipinski definition) is 2. The van der Waals surface area contributed by atoms with E-state index in [1.54, 1.807) is 25.1 Å². The molecule has 0 aromatic heterocycles. The van der Waals surface area contributed by atoms with Crippen molar-refractivity contribution in [3.63, 3.8) is 0 Å². The van der Waals surface area contributed by atoms with Crippen molar-refractivity contribution in [3.05, 3.63) is 23.2 Å². The van der Waals surface area contributed by atoms with Crippen LogP contribution in [0.3, 0.4) is 0 Å². The Kier molecular flexibility index (Phi) is 5.71. The molecule has 0 saturated carbocycles. The number of carbonyl (C=O) groups excluding carboxylic acids is 1. The molecule has 0 radical (unpaired) electrons. The van der Waals surface area contributed by atoms with Crippen LogP contribution in [0.1, 0.15) is 6.92 Å². The first-order chi connectivity index (χ1) is 7.17. The van der Waals surface area contributed by atoms with E-state index in [9.17, 15) is 4.79 Å². The van der Waals surface area contributed by atoms with Crippen LogP contribution in [0.4, 0.5) is 10.5 Å². The Hall–Kier alpha value is 0.00506. The Labute approximate surface area is 109 Å². The molecule has 1 N–H and O–H groups in total. The van der Waals surface area contributed by atoms with Crippen LogP contribution < -0.4 is 8.39 Å². The molecule has 1 aromatic rings. The van der Waals surface area contributed by atoms with Crippen molar-refractivity contribution >= 4 is 34.7 Å². The van der Waals surface area contributed by atoms with Crippen LogP contribution in [0.15, 0.2) is 18.2 Å². The first-order valence-electron chi connectivity index (χ1n) is 4.45. The molecule has 3 nitrogen and oxygen atoms in total. The summed E-state index contributed by atoms with van der Waals surface area (Å²) in [6.45, 7) is 2.10. The summed E-state index contributed by atoms with van der Waals surface area (Å²) in [5, 5.41) is 3.28. The zero-order valence-corrected chi connectivity index (χ0v) is 15.2. The summed E-state index contributed by atoms with van der Waals surface area (Å²) in [4.78, 5) is 11.2. The maximum absolute atomic E-state index is 11.2. The third-order valence-corrected chi connectivity index (χ3v) is 7.88. The number of ether oxygens (including phenoxy) is 1. The van der Waals surface area contributed by atoms with E-state index in [1.807, 2.05) is 0 Å². The number of benzene rings is 1. The van der Waals surface area contributed by atoms with E-state index in [-0.39, 0.29) is 0 Å². The Morgan fingerprint density at radius 1 is 1.60 bits per heavy atom. The third kappa shape index (κ3) is 4.17. The molecule has 1 rings (SSSR count). The zero-order valence-electron chi connectivity index (χ0n) is 8.22. The van der Waals surface area contributed by atoms with Crippen molar-refractivity contribution in [2.45, 2.75) is 6.92 Å². The predicted octanol–water partition coefficient (Wildman–Crippen LogP) is 2.77. The van der Waals surface area contributed by atoms with Crippen molar-refractivity contribution in [2.24, 2.45) is 0 Å². The van der Waals surface area contributed by atoms with Gasteiger partial charge in [-0.1, -0.05) is 0 Å². The molecule has 78 valence electrons. The average molecular weight is 435 g/mol. The van der Waals surface area contributed by atoms with Gasteiger partial charge in [0.2, 0.25) is 0 Å². The fourth-order valence-electron chi connectivity index (χ4n) is 1.07. The molecule has 0 fully saturated rings. The molecule has 0 aliphatic carbocycles. The van der Waals surface area contributed by atoms with Gasteiger partial charge in [-0.15, -0.1) is 0 Å². The molecule has 0 bridgehead atoms. The normalized spacial score (nSPS) is 9.27. The Bertz CT molecular complexity index is 360. The van der Waals surface area contributed by atoms with E-state index in [1.165, 1.54) is 0 Å². The summed E-state index contributed by atoms with van der Waals surface area (Å²) in [6, 6.07) is 5.27. The van der Waals surface area contributed by atoms with Gasteiger partial charge in [0, 0.05) is 0 Å². The Morgan fingerprint density at radius 3 is 2.93 bits per heavy atom.